The third-order valence-corrected chi connectivity index (χ3v) is 1.57. The number of carboxylic acids is 1. The monoisotopic (exact) mass is 240 g/mol. The van der Waals surface area contributed by atoms with Gasteiger partial charge in [0, 0.05) is 21.7 Å². The Kier molecular flexibility index (Phi) is 5.59. The van der Waals surface area contributed by atoms with Crippen LogP contribution in [0.5, 0.6) is 0 Å². The van der Waals surface area contributed by atoms with Crippen molar-refractivity contribution in [2.75, 3.05) is 0 Å². The van der Waals surface area contributed by atoms with E-state index in [1.54, 1.807) is 6.07 Å². The number of rotatable bonds is 3. The molecule has 1 aromatic carbocycles. The summed E-state index contributed by atoms with van der Waals surface area (Å²) < 4.78 is 4.48. The molecule has 15 heavy (non-hydrogen) atoms. The van der Waals surface area contributed by atoms with E-state index in [1.807, 2.05) is 0 Å². The molecule has 0 radical (unpaired) electrons. The first-order chi connectivity index (χ1) is 6.66. The zero-order valence-electron chi connectivity index (χ0n) is 7.77. The van der Waals surface area contributed by atoms with E-state index in [0.717, 1.165) is 6.26 Å². The van der Waals surface area contributed by atoms with Crippen LogP contribution in [0.25, 0.3) is 0 Å². The molecule has 0 aliphatic heterocycles. The normalized spacial score (nSPS) is 8.53. The second-order valence-corrected chi connectivity index (χ2v) is 2.42. The molecular formula is C10H8O4Ti. The molecule has 5 heteroatoms. The fourth-order valence-electron chi connectivity index (χ4n) is 0.987. The maximum absolute atomic E-state index is 11.2. The van der Waals surface area contributed by atoms with Crippen molar-refractivity contribution in [3.63, 3.8) is 0 Å². The molecule has 1 N–H and O–H groups in total. The van der Waals surface area contributed by atoms with Crippen LogP contribution in [-0.4, -0.2) is 17.0 Å². The largest absolute Gasteiger partial charge is 0.478 e. The molecule has 0 bridgehead atoms. The maximum Gasteiger partial charge on any atom is 0.343 e. The Balaban J connectivity index is 0.00000196. The third-order valence-electron chi connectivity index (χ3n) is 1.57. The number of ether oxygens (including phenoxy) is 1. The molecule has 0 heterocycles. The summed E-state index contributed by atoms with van der Waals surface area (Å²) in [5.41, 5.74) is -0.0701. The number of hydrogen-bond donors (Lipinski definition) is 1. The molecule has 0 fully saturated rings. The molecule has 0 aliphatic carbocycles. The van der Waals surface area contributed by atoms with E-state index in [4.69, 9.17) is 5.11 Å². The second-order valence-electron chi connectivity index (χ2n) is 2.42. The number of carbonyl (C=O) groups excluding carboxylic acids is 1. The summed E-state index contributed by atoms with van der Waals surface area (Å²) >= 11 is 0. The molecule has 4 nitrogen and oxygen atoms in total. The summed E-state index contributed by atoms with van der Waals surface area (Å²) in [6.45, 7) is 3.21. The summed E-state index contributed by atoms with van der Waals surface area (Å²) in [6, 6.07) is 5.82. The van der Waals surface area contributed by atoms with Gasteiger partial charge in [-0.2, -0.15) is 0 Å². The quantitative estimate of drug-likeness (QED) is 0.496. The van der Waals surface area contributed by atoms with Crippen LogP contribution in [0, 0.1) is 0 Å². The molecular weight excluding hydrogens is 232 g/mol. The van der Waals surface area contributed by atoms with Crippen molar-refractivity contribution in [1.82, 2.24) is 0 Å². The van der Waals surface area contributed by atoms with Crippen LogP contribution in [-0.2, 0) is 26.5 Å². The Labute approximate surface area is 101 Å². The topological polar surface area (TPSA) is 63.6 Å². The van der Waals surface area contributed by atoms with E-state index in [2.05, 4.69) is 11.3 Å². The van der Waals surface area contributed by atoms with Crippen molar-refractivity contribution >= 4 is 11.9 Å². The third kappa shape index (κ3) is 3.34. The molecule has 0 saturated carbocycles. The molecule has 0 aromatic heterocycles. The number of carbonyl (C=O) groups is 2. The van der Waals surface area contributed by atoms with E-state index in [9.17, 15) is 9.59 Å². The fourth-order valence-corrected chi connectivity index (χ4v) is 0.987. The first kappa shape index (κ1) is 13.6. The molecule has 1 aromatic rings. The van der Waals surface area contributed by atoms with Gasteiger partial charge in [-0.15, -0.1) is 0 Å². The minimum atomic E-state index is -1.17. The molecule has 1 rings (SSSR count). The summed E-state index contributed by atoms with van der Waals surface area (Å²) in [5.74, 6) is -1.89. The van der Waals surface area contributed by atoms with Crippen LogP contribution in [0.15, 0.2) is 37.1 Å². The predicted octanol–water partition coefficient (Wildman–Crippen LogP) is 1.68. The van der Waals surface area contributed by atoms with Crippen molar-refractivity contribution in [2.24, 2.45) is 0 Å². The van der Waals surface area contributed by atoms with E-state index in [0.29, 0.717) is 0 Å². The first-order valence-electron chi connectivity index (χ1n) is 3.81. The number of benzene rings is 1. The van der Waals surface area contributed by atoms with Gasteiger partial charge in [-0.25, -0.2) is 9.59 Å². The van der Waals surface area contributed by atoms with E-state index in [1.165, 1.54) is 18.2 Å². The van der Waals surface area contributed by atoms with Crippen molar-refractivity contribution in [3.05, 3.63) is 48.2 Å². The van der Waals surface area contributed by atoms with Gasteiger partial charge in [0.1, 0.15) is 0 Å². The predicted molar refractivity (Wildman–Crippen MR) is 49.0 cm³/mol. The maximum atomic E-state index is 11.2. The Bertz CT molecular complexity index is 387. The van der Waals surface area contributed by atoms with Gasteiger partial charge in [0.05, 0.1) is 17.4 Å². The van der Waals surface area contributed by atoms with Gasteiger partial charge in [0.15, 0.2) is 0 Å². The van der Waals surface area contributed by atoms with E-state index < -0.39 is 11.9 Å². The molecule has 76 valence electrons. The average molecular weight is 240 g/mol. The fraction of sp³-hybridized carbons (Fsp3) is 0. The number of carboxylic acid groups (broad SMARTS) is 1. The number of esters is 1. The van der Waals surface area contributed by atoms with Crippen LogP contribution < -0.4 is 0 Å². The van der Waals surface area contributed by atoms with Gasteiger partial charge in [0.2, 0.25) is 0 Å². The molecule has 0 saturated heterocycles. The average Bonchev–Trinajstić information content (AvgIpc) is 2.18. The SMILES string of the molecule is C=COC(=O)c1ccccc1C(=O)O.[Ti]. The van der Waals surface area contributed by atoms with Gasteiger partial charge >= 0.3 is 11.9 Å². The van der Waals surface area contributed by atoms with Crippen molar-refractivity contribution in [3.8, 4) is 0 Å². The molecule has 0 spiro atoms. The molecule has 0 amide bonds. The zero-order chi connectivity index (χ0) is 10.6. The smallest absolute Gasteiger partial charge is 0.343 e. The summed E-state index contributed by atoms with van der Waals surface area (Å²) in [6.07, 6.45) is 0.959. The number of aromatic carboxylic acids is 1. The summed E-state index contributed by atoms with van der Waals surface area (Å²) in [4.78, 5) is 21.9. The molecule has 0 unspecified atom stereocenters. The zero-order valence-corrected chi connectivity index (χ0v) is 9.33. The Morgan fingerprint density at radius 1 is 1.27 bits per heavy atom. The summed E-state index contributed by atoms with van der Waals surface area (Å²) in [7, 11) is 0. The first-order valence-corrected chi connectivity index (χ1v) is 3.81. The van der Waals surface area contributed by atoms with Crippen LogP contribution >= 0.6 is 0 Å². The van der Waals surface area contributed by atoms with Gasteiger partial charge in [0.25, 0.3) is 0 Å². The van der Waals surface area contributed by atoms with E-state index in [-0.39, 0.29) is 32.8 Å². The van der Waals surface area contributed by atoms with Crippen molar-refractivity contribution < 1.29 is 41.2 Å². The van der Waals surface area contributed by atoms with Crippen molar-refractivity contribution in [1.29, 1.82) is 0 Å². The van der Waals surface area contributed by atoms with Crippen LogP contribution in [0.2, 0.25) is 0 Å². The molecule has 0 aliphatic rings. The Morgan fingerprint density at radius 2 is 1.80 bits per heavy atom. The van der Waals surface area contributed by atoms with Crippen LogP contribution in [0.1, 0.15) is 20.7 Å². The van der Waals surface area contributed by atoms with Gasteiger partial charge < -0.3 is 9.84 Å². The number of hydrogen-bond acceptors (Lipinski definition) is 3. The minimum absolute atomic E-state index is 0. The van der Waals surface area contributed by atoms with Crippen LogP contribution in [0.3, 0.4) is 0 Å². The van der Waals surface area contributed by atoms with Gasteiger partial charge in [-0.05, 0) is 12.1 Å². The van der Waals surface area contributed by atoms with E-state index >= 15 is 0 Å². The summed E-state index contributed by atoms with van der Waals surface area (Å²) in [5, 5.41) is 8.75. The Hall–Kier alpha value is -1.39. The second kappa shape index (κ2) is 6.16. The minimum Gasteiger partial charge on any atom is -0.478 e. The Morgan fingerprint density at radius 3 is 2.27 bits per heavy atom. The van der Waals surface area contributed by atoms with Gasteiger partial charge in [-0.1, -0.05) is 18.7 Å². The molecule has 0 atom stereocenters. The van der Waals surface area contributed by atoms with Crippen molar-refractivity contribution in [2.45, 2.75) is 0 Å². The standard InChI is InChI=1S/C10H8O4.Ti/c1-2-14-10(13)8-6-4-3-5-7(8)9(11)12;/h2-6H,1H2,(H,11,12);. The van der Waals surface area contributed by atoms with Gasteiger partial charge in [-0.3, -0.25) is 0 Å². The van der Waals surface area contributed by atoms with Crippen LogP contribution in [0.4, 0.5) is 0 Å².